The van der Waals surface area contributed by atoms with Gasteiger partial charge in [-0.1, -0.05) is 13.8 Å². The molecule has 0 aliphatic heterocycles. The lowest BCUT2D eigenvalue weighted by Gasteiger charge is -2.13. The van der Waals surface area contributed by atoms with Crippen LogP contribution in [0.1, 0.15) is 33.6 Å². The summed E-state index contributed by atoms with van der Waals surface area (Å²) in [5.74, 6) is 0.563. The van der Waals surface area contributed by atoms with Gasteiger partial charge >= 0.3 is 0 Å². The van der Waals surface area contributed by atoms with E-state index in [-0.39, 0.29) is 12.0 Å². The molecule has 1 unspecified atom stereocenters. The van der Waals surface area contributed by atoms with E-state index >= 15 is 0 Å². The Morgan fingerprint density at radius 3 is 2.60 bits per heavy atom. The summed E-state index contributed by atoms with van der Waals surface area (Å²) in [6.45, 7) is 7.93. The first-order valence-corrected chi connectivity index (χ1v) is 5.71. The SMILES string of the molecule is CCNC(=O)CCNCC(O)CC(C)C. The number of aliphatic hydroxyl groups is 1. The number of rotatable bonds is 8. The van der Waals surface area contributed by atoms with Crippen molar-refractivity contribution in [3.8, 4) is 0 Å². The second kappa shape index (κ2) is 8.68. The van der Waals surface area contributed by atoms with Crippen LogP contribution in [0.25, 0.3) is 0 Å². The zero-order valence-electron chi connectivity index (χ0n) is 10.0. The summed E-state index contributed by atoms with van der Waals surface area (Å²) < 4.78 is 0. The molecule has 0 fully saturated rings. The molecular formula is C11H24N2O2. The molecule has 0 aromatic carbocycles. The Kier molecular flexibility index (Phi) is 8.33. The van der Waals surface area contributed by atoms with Gasteiger partial charge in [-0.25, -0.2) is 0 Å². The Morgan fingerprint density at radius 1 is 1.40 bits per heavy atom. The molecule has 0 rings (SSSR count). The standard InChI is InChI=1S/C11H24N2O2/c1-4-13-11(15)5-6-12-8-10(14)7-9(2)3/h9-10,12,14H,4-8H2,1-3H3,(H,13,15). The highest BCUT2D eigenvalue weighted by atomic mass is 16.3. The van der Waals surface area contributed by atoms with Crippen LogP contribution in [0.15, 0.2) is 0 Å². The van der Waals surface area contributed by atoms with E-state index in [2.05, 4.69) is 24.5 Å². The van der Waals surface area contributed by atoms with Crippen molar-refractivity contribution in [2.24, 2.45) is 5.92 Å². The van der Waals surface area contributed by atoms with Gasteiger partial charge in [-0.05, 0) is 19.3 Å². The van der Waals surface area contributed by atoms with Gasteiger partial charge in [0.1, 0.15) is 0 Å². The fourth-order valence-electron chi connectivity index (χ4n) is 1.38. The summed E-state index contributed by atoms with van der Waals surface area (Å²) in [6.07, 6.45) is 0.968. The van der Waals surface area contributed by atoms with Crippen molar-refractivity contribution >= 4 is 5.91 Å². The summed E-state index contributed by atoms with van der Waals surface area (Å²) in [5, 5.41) is 15.3. The third kappa shape index (κ3) is 9.69. The van der Waals surface area contributed by atoms with Gasteiger partial charge in [-0.3, -0.25) is 4.79 Å². The molecule has 4 nitrogen and oxygen atoms in total. The molecule has 4 heteroatoms. The van der Waals surface area contributed by atoms with E-state index in [1.165, 1.54) is 0 Å². The molecule has 0 aliphatic carbocycles. The molecule has 0 aromatic rings. The number of carbonyl (C=O) groups is 1. The second-order valence-electron chi connectivity index (χ2n) is 4.19. The highest BCUT2D eigenvalue weighted by molar-refractivity contribution is 5.75. The maximum atomic E-state index is 11.1. The van der Waals surface area contributed by atoms with Gasteiger partial charge in [0.2, 0.25) is 5.91 Å². The second-order valence-corrected chi connectivity index (χ2v) is 4.19. The van der Waals surface area contributed by atoms with Crippen molar-refractivity contribution in [1.29, 1.82) is 0 Å². The van der Waals surface area contributed by atoms with E-state index in [0.717, 1.165) is 6.42 Å². The Hall–Kier alpha value is -0.610. The van der Waals surface area contributed by atoms with Crippen LogP contribution < -0.4 is 10.6 Å². The number of hydrogen-bond acceptors (Lipinski definition) is 3. The van der Waals surface area contributed by atoms with Gasteiger partial charge in [-0.15, -0.1) is 0 Å². The van der Waals surface area contributed by atoms with Crippen LogP contribution in [-0.4, -0.2) is 36.8 Å². The predicted octanol–water partition coefficient (Wildman–Crippen LogP) is 0.509. The maximum Gasteiger partial charge on any atom is 0.221 e. The van der Waals surface area contributed by atoms with E-state index in [4.69, 9.17) is 0 Å². The topological polar surface area (TPSA) is 61.4 Å². The summed E-state index contributed by atoms with van der Waals surface area (Å²) in [7, 11) is 0. The summed E-state index contributed by atoms with van der Waals surface area (Å²) in [6, 6.07) is 0. The first-order chi connectivity index (χ1) is 7.06. The van der Waals surface area contributed by atoms with Crippen molar-refractivity contribution in [3.05, 3.63) is 0 Å². The largest absolute Gasteiger partial charge is 0.392 e. The van der Waals surface area contributed by atoms with Crippen molar-refractivity contribution in [3.63, 3.8) is 0 Å². The Bertz CT molecular complexity index is 172. The van der Waals surface area contributed by atoms with E-state index in [1.807, 2.05) is 6.92 Å². The molecule has 0 aliphatic rings. The molecular weight excluding hydrogens is 192 g/mol. The summed E-state index contributed by atoms with van der Waals surface area (Å²) in [4.78, 5) is 11.1. The molecule has 0 aromatic heterocycles. The molecule has 0 radical (unpaired) electrons. The number of amides is 1. The molecule has 0 heterocycles. The van der Waals surface area contributed by atoms with Gasteiger partial charge in [0.15, 0.2) is 0 Å². The quantitative estimate of drug-likeness (QED) is 0.518. The Balaban J connectivity index is 3.34. The van der Waals surface area contributed by atoms with Gasteiger partial charge in [0.25, 0.3) is 0 Å². The molecule has 15 heavy (non-hydrogen) atoms. The van der Waals surface area contributed by atoms with E-state index < -0.39 is 0 Å². The van der Waals surface area contributed by atoms with Crippen LogP contribution in [0.3, 0.4) is 0 Å². The third-order valence-electron chi connectivity index (χ3n) is 2.03. The summed E-state index contributed by atoms with van der Waals surface area (Å²) >= 11 is 0. The Morgan fingerprint density at radius 2 is 2.07 bits per heavy atom. The van der Waals surface area contributed by atoms with Crippen molar-refractivity contribution in [2.45, 2.75) is 39.7 Å². The zero-order chi connectivity index (χ0) is 11.7. The molecule has 0 saturated carbocycles. The molecule has 0 spiro atoms. The van der Waals surface area contributed by atoms with Crippen molar-refractivity contribution in [2.75, 3.05) is 19.6 Å². The molecule has 1 atom stereocenters. The van der Waals surface area contributed by atoms with Gasteiger partial charge in [0, 0.05) is 26.1 Å². The van der Waals surface area contributed by atoms with E-state index in [1.54, 1.807) is 0 Å². The lowest BCUT2D eigenvalue weighted by atomic mass is 10.1. The fraction of sp³-hybridized carbons (Fsp3) is 0.909. The number of aliphatic hydroxyl groups excluding tert-OH is 1. The molecule has 3 N–H and O–H groups in total. The fourth-order valence-corrected chi connectivity index (χ4v) is 1.38. The van der Waals surface area contributed by atoms with Crippen LogP contribution >= 0.6 is 0 Å². The third-order valence-corrected chi connectivity index (χ3v) is 2.03. The molecule has 0 saturated heterocycles. The van der Waals surface area contributed by atoms with Crippen LogP contribution in [0, 0.1) is 5.92 Å². The summed E-state index contributed by atoms with van der Waals surface area (Å²) in [5.41, 5.74) is 0. The van der Waals surface area contributed by atoms with Crippen LogP contribution in [-0.2, 0) is 4.79 Å². The number of nitrogens with one attached hydrogen (secondary N) is 2. The van der Waals surface area contributed by atoms with Gasteiger partial charge < -0.3 is 15.7 Å². The smallest absolute Gasteiger partial charge is 0.221 e. The minimum absolute atomic E-state index is 0.0587. The average molecular weight is 216 g/mol. The number of hydrogen-bond donors (Lipinski definition) is 3. The van der Waals surface area contributed by atoms with Gasteiger partial charge in [-0.2, -0.15) is 0 Å². The minimum atomic E-state index is -0.306. The van der Waals surface area contributed by atoms with E-state index in [0.29, 0.717) is 32.0 Å². The first-order valence-electron chi connectivity index (χ1n) is 5.71. The van der Waals surface area contributed by atoms with Gasteiger partial charge in [0.05, 0.1) is 6.10 Å². The molecule has 0 bridgehead atoms. The highest BCUT2D eigenvalue weighted by Crippen LogP contribution is 2.02. The van der Waals surface area contributed by atoms with Crippen LogP contribution in [0.2, 0.25) is 0 Å². The minimum Gasteiger partial charge on any atom is -0.392 e. The number of carbonyl (C=O) groups excluding carboxylic acids is 1. The first kappa shape index (κ1) is 14.4. The van der Waals surface area contributed by atoms with Crippen molar-refractivity contribution in [1.82, 2.24) is 10.6 Å². The normalized spacial score (nSPS) is 12.9. The highest BCUT2D eigenvalue weighted by Gasteiger charge is 2.06. The monoisotopic (exact) mass is 216 g/mol. The zero-order valence-corrected chi connectivity index (χ0v) is 10.0. The van der Waals surface area contributed by atoms with Crippen LogP contribution in [0.4, 0.5) is 0 Å². The molecule has 90 valence electrons. The van der Waals surface area contributed by atoms with Crippen LogP contribution in [0.5, 0.6) is 0 Å². The maximum absolute atomic E-state index is 11.1. The molecule has 1 amide bonds. The van der Waals surface area contributed by atoms with Crippen molar-refractivity contribution < 1.29 is 9.90 Å². The average Bonchev–Trinajstić information content (AvgIpc) is 2.12. The Labute approximate surface area is 92.4 Å². The lowest BCUT2D eigenvalue weighted by Crippen LogP contribution is -2.32. The lowest BCUT2D eigenvalue weighted by molar-refractivity contribution is -0.120. The van der Waals surface area contributed by atoms with E-state index in [9.17, 15) is 9.90 Å². The predicted molar refractivity (Wildman–Crippen MR) is 61.6 cm³/mol.